The lowest BCUT2D eigenvalue weighted by Crippen LogP contribution is -2.52. The fourth-order valence-electron chi connectivity index (χ4n) is 3.86. The fourth-order valence-corrected chi connectivity index (χ4v) is 4.05. The summed E-state index contributed by atoms with van der Waals surface area (Å²) in [5.74, 6) is 0.463. The molecular formula is C21H31ClN4O3. The Bertz CT molecular complexity index is 674. The van der Waals surface area contributed by atoms with Gasteiger partial charge in [-0.05, 0) is 25.0 Å². The second-order valence-electron chi connectivity index (χ2n) is 7.75. The first-order chi connectivity index (χ1) is 14.1. The molecule has 2 aliphatic rings. The maximum atomic E-state index is 12.1. The summed E-state index contributed by atoms with van der Waals surface area (Å²) in [6.07, 6.45) is 5.53. The third-order valence-electron chi connectivity index (χ3n) is 5.53. The van der Waals surface area contributed by atoms with E-state index in [0.717, 1.165) is 58.4 Å². The van der Waals surface area contributed by atoms with E-state index in [1.807, 2.05) is 24.3 Å². The summed E-state index contributed by atoms with van der Waals surface area (Å²) in [5.41, 5.74) is 0. The maximum absolute atomic E-state index is 12.1. The highest BCUT2D eigenvalue weighted by molar-refractivity contribution is 6.32. The van der Waals surface area contributed by atoms with E-state index in [-0.39, 0.29) is 24.5 Å². The van der Waals surface area contributed by atoms with Crippen LogP contribution in [0.25, 0.3) is 0 Å². The van der Waals surface area contributed by atoms with Crippen LogP contribution in [-0.2, 0) is 4.79 Å². The van der Waals surface area contributed by atoms with Gasteiger partial charge in [0.25, 0.3) is 0 Å². The Morgan fingerprint density at radius 3 is 2.45 bits per heavy atom. The Morgan fingerprint density at radius 1 is 1.03 bits per heavy atom. The monoisotopic (exact) mass is 422 g/mol. The van der Waals surface area contributed by atoms with Gasteiger partial charge in [0.15, 0.2) is 0 Å². The van der Waals surface area contributed by atoms with E-state index in [0.29, 0.717) is 17.4 Å². The third kappa shape index (κ3) is 7.49. The number of para-hydroxylation sites is 1. The Hall–Kier alpha value is -1.83. The molecule has 1 saturated heterocycles. The van der Waals surface area contributed by atoms with Crippen LogP contribution in [-0.4, -0.2) is 73.7 Å². The van der Waals surface area contributed by atoms with Crippen molar-refractivity contribution in [3.8, 4) is 5.75 Å². The molecule has 0 atom stereocenters. The molecule has 0 radical (unpaired) electrons. The van der Waals surface area contributed by atoms with Gasteiger partial charge in [0.2, 0.25) is 5.91 Å². The van der Waals surface area contributed by atoms with Crippen LogP contribution in [0, 0.1) is 0 Å². The molecule has 0 spiro atoms. The standard InChI is InChI=1S/C21H31ClN4O3/c22-18-8-4-5-9-19(18)29-15-14-25-10-12-26(13-11-25)16-20(27)24-21(28)23-17-6-2-1-3-7-17/h4-5,8-9,17H,1-3,6-7,10-16H2,(H2,23,24,27,28). The summed E-state index contributed by atoms with van der Waals surface area (Å²) >= 11 is 6.09. The lowest BCUT2D eigenvalue weighted by Gasteiger charge is -2.34. The molecule has 1 aliphatic heterocycles. The number of rotatable bonds is 7. The summed E-state index contributed by atoms with van der Waals surface area (Å²) in [4.78, 5) is 28.5. The van der Waals surface area contributed by atoms with Crippen molar-refractivity contribution in [2.24, 2.45) is 0 Å². The van der Waals surface area contributed by atoms with Crippen molar-refractivity contribution in [1.29, 1.82) is 0 Å². The predicted octanol–water partition coefficient (Wildman–Crippen LogP) is 2.49. The number of carbonyl (C=O) groups is 2. The largest absolute Gasteiger partial charge is 0.491 e. The van der Waals surface area contributed by atoms with Crippen LogP contribution in [0.15, 0.2) is 24.3 Å². The van der Waals surface area contributed by atoms with Crippen LogP contribution in [0.2, 0.25) is 5.02 Å². The number of ether oxygens (including phenoxy) is 1. The average Bonchev–Trinajstić information content (AvgIpc) is 2.71. The van der Waals surface area contributed by atoms with Gasteiger partial charge in [-0.2, -0.15) is 0 Å². The van der Waals surface area contributed by atoms with E-state index in [9.17, 15) is 9.59 Å². The van der Waals surface area contributed by atoms with Gasteiger partial charge in [-0.3, -0.25) is 19.9 Å². The summed E-state index contributed by atoms with van der Waals surface area (Å²) in [5, 5.41) is 6.00. The second-order valence-corrected chi connectivity index (χ2v) is 8.16. The fraction of sp³-hybridized carbons (Fsp3) is 0.619. The Labute approximate surface area is 177 Å². The van der Waals surface area contributed by atoms with E-state index in [1.165, 1.54) is 6.42 Å². The van der Waals surface area contributed by atoms with Gasteiger partial charge in [0.1, 0.15) is 12.4 Å². The van der Waals surface area contributed by atoms with E-state index in [1.54, 1.807) is 0 Å². The number of imide groups is 1. The van der Waals surface area contributed by atoms with Gasteiger partial charge >= 0.3 is 6.03 Å². The van der Waals surface area contributed by atoms with Crippen molar-refractivity contribution in [2.45, 2.75) is 38.1 Å². The van der Waals surface area contributed by atoms with Crippen molar-refractivity contribution in [3.05, 3.63) is 29.3 Å². The van der Waals surface area contributed by atoms with Crippen molar-refractivity contribution in [2.75, 3.05) is 45.9 Å². The number of benzene rings is 1. The summed E-state index contributed by atoms with van der Waals surface area (Å²) in [6.45, 7) is 4.97. The molecule has 0 bridgehead atoms. The molecule has 3 amide bonds. The molecule has 7 nitrogen and oxygen atoms in total. The van der Waals surface area contributed by atoms with Gasteiger partial charge < -0.3 is 10.1 Å². The molecule has 8 heteroatoms. The molecule has 1 saturated carbocycles. The molecule has 1 aromatic carbocycles. The SMILES string of the molecule is O=C(CN1CCN(CCOc2ccccc2Cl)CC1)NC(=O)NC1CCCCC1. The first kappa shape index (κ1) is 21.9. The number of hydrogen-bond acceptors (Lipinski definition) is 5. The molecular weight excluding hydrogens is 392 g/mol. The predicted molar refractivity (Wildman–Crippen MR) is 113 cm³/mol. The van der Waals surface area contributed by atoms with Crippen molar-refractivity contribution < 1.29 is 14.3 Å². The van der Waals surface area contributed by atoms with Crippen molar-refractivity contribution >= 4 is 23.5 Å². The van der Waals surface area contributed by atoms with E-state index in [2.05, 4.69) is 20.4 Å². The zero-order valence-corrected chi connectivity index (χ0v) is 17.6. The molecule has 2 fully saturated rings. The lowest BCUT2D eigenvalue weighted by molar-refractivity contribution is -0.121. The molecule has 2 N–H and O–H groups in total. The molecule has 0 unspecified atom stereocenters. The van der Waals surface area contributed by atoms with Crippen LogP contribution in [0.5, 0.6) is 5.75 Å². The summed E-state index contributed by atoms with van der Waals surface area (Å²) in [6, 6.07) is 7.30. The van der Waals surface area contributed by atoms with Crippen LogP contribution < -0.4 is 15.4 Å². The number of halogens is 1. The smallest absolute Gasteiger partial charge is 0.321 e. The van der Waals surface area contributed by atoms with Gasteiger partial charge in [-0.15, -0.1) is 0 Å². The summed E-state index contributed by atoms with van der Waals surface area (Å²) in [7, 11) is 0. The number of amides is 3. The maximum Gasteiger partial charge on any atom is 0.321 e. The minimum Gasteiger partial charge on any atom is -0.491 e. The van der Waals surface area contributed by atoms with Crippen LogP contribution >= 0.6 is 11.6 Å². The minimum atomic E-state index is -0.364. The van der Waals surface area contributed by atoms with Gasteiger partial charge in [-0.1, -0.05) is 43.0 Å². The van der Waals surface area contributed by atoms with Crippen LogP contribution in [0.1, 0.15) is 32.1 Å². The average molecular weight is 423 g/mol. The molecule has 0 aromatic heterocycles. The second kappa shape index (κ2) is 11.4. The Balaban J connectivity index is 1.28. The zero-order valence-electron chi connectivity index (χ0n) is 16.9. The number of carbonyl (C=O) groups excluding carboxylic acids is 2. The van der Waals surface area contributed by atoms with E-state index in [4.69, 9.17) is 16.3 Å². The number of urea groups is 1. The minimum absolute atomic E-state index is 0.202. The van der Waals surface area contributed by atoms with Gasteiger partial charge in [0.05, 0.1) is 11.6 Å². The lowest BCUT2D eigenvalue weighted by atomic mass is 9.96. The number of nitrogens with one attached hydrogen (secondary N) is 2. The number of piperazine rings is 1. The quantitative estimate of drug-likeness (QED) is 0.706. The van der Waals surface area contributed by atoms with Gasteiger partial charge in [0, 0.05) is 38.8 Å². The molecule has 1 heterocycles. The highest BCUT2D eigenvalue weighted by Crippen LogP contribution is 2.23. The highest BCUT2D eigenvalue weighted by atomic mass is 35.5. The molecule has 3 rings (SSSR count). The van der Waals surface area contributed by atoms with Crippen molar-refractivity contribution in [3.63, 3.8) is 0 Å². The first-order valence-electron chi connectivity index (χ1n) is 10.5. The molecule has 1 aromatic rings. The van der Waals surface area contributed by atoms with Crippen LogP contribution in [0.4, 0.5) is 4.79 Å². The molecule has 160 valence electrons. The topological polar surface area (TPSA) is 73.9 Å². The molecule has 1 aliphatic carbocycles. The zero-order chi connectivity index (χ0) is 20.5. The third-order valence-corrected chi connectivity index (χ3v) is 5.84. The number of hydrogen-bond donors (Lipinski definition) is 2. The normalized spacial score (nSPS) is 18.9. The first-order valence-corrected chi connectivity index (χ1v) is 10.9. The van der Waals surface area contributed by atoms with Crippen LogP contribution in [0.3, 0.4) is 0 Å². The Kier molecular flexibility index (Phi) is 8.58. The van der Waals surface area contributed by atoms with Gasteiger partial charge in [-0.25, -0.2) is 4.79 Å². The highest BCUT2D eigenvalue weighted by Gasteiger charge is 2.21. The molecule has 29 heavy (non-hydrogen) atoms. The van der Waals surface area contributed by atoms with Crippen molar-refractivity contribution in [1.82, 2.24) is 20.4 Å². The Morgan fingerprint density at radius 2 is 1.72 bits per heavy atom. The van der Waals surface area contributed by atoms with E-state index >= 15 is 0 Å². The van der Waals surface area contributed by atoms with E-state index < -0.39 is 0 Å². The summed E-state index contributed by atoms with van der Waals surface area (Å²) < 4.78 is 5.74. The number of nitrogens with zero attached hydrogens (tertiary/aromatic N) is 2.